The predicted octanol–water partition coefficient (Wildman–Crippen LogP) is 17.5. The highest BCUT2D eigenvalue weighted by molar-refractivity contribution is 7.19. The molecule has 61 heavy (non-hydrogen) atoms. The number of aromatic amines is 2. The van der Waals surface area contributed by atoms with Crippen molar-refractivity contribution in [1.82, 2.24) is 9.97 Å². The number of aromatic nitrogens is 2. The summed E-state index contributed by atoms with van der Waals surface area (Å²) in [6, 6.07) is 42.3. The second-order valence-electron chi connectivity index (χ2n) is 21.9. The second-order valence-corrected chi connectivity index (χ2v) is 23.0. The minimum Gasteiger partial charge on any atom is -0.353 e. The Morgan fingerprint density at radius 3 is 0.869 bits per heavy atom. The Bertz CT molecular complexity index is 2940. The topological polar surface area (TPSA) is 31.6 Å². The molecule has 0 saturated heterocycles. The Morgan fingerprint density at radius 2 is 0.590 bits per heavy atom. The lowest BCUT2D eigenvalue weighted by Crippen LogP contribution is -2.11. The Morgan fingerprint density at radius 1 is 0.328 bits per heavy atom. The third-order valence-electron chi connectivity index (χ3n) is 13.0. The quantitative estimate of drug-likeness (QED) is 0.177. The van der Waals surface area contributed by atoms with Gasteiger partial charge in [0, 0.05) is 53.6 Å². The maximum atomic E-state index is 4.05. The smallest absolute Gasteiger partial charge is 0.0553 e. The maximum absolute atomic E-state index is 4.05. The van der Waals surface area contributed by atoms with Crippen molar-refractivity contribution in [2.24, 2.45) is 0 Å². The first-order valence-corrected chi connectivity index (χ1v) is 22.9. The summed E-state index contributed by atoms with van der Waals surface area (Å²) in [4.78, 5) is 10.6. The molecule has 0 spiro atoms. The third-order valence-corrected chi connectivity index (χ3v) is 14.1. The van der Waals surface area contributed by atoms with Gasteiger partial charge in [0.25, 0.3) is 0 Å². The molecule has 6 aromatic carbocycles. The minimum absolute atomic E-state index is 0.00485. The number of benzene rings is 6. The van der Waals surface area contributed by atoms with Crippen LogP contribution in [0.25, 0.3) is 86.7 Å². The highest BCUT2D eigenvalue weighted by atomic mass is 32.1. The van der Waals surface area contributed by atoms with E-state index < -0.39 is 0 Å². The number of aryl methyl sites for hydroxylation is 2. The summed E-state index contributed by atoms with van der Waals surface area (Å²) in [5.41, 5.74) is 20.2. The minimum atomic E-state index is -0.0350. The van der Waals surface area contributed by atoms with Gasteiger partial charge >= 0.3 is 0 Å². The van der Waals surface area contributed by atoms with E-state index >= 15 is 0 Å². The van der Waals surface area contributed by atoms with Crippen molar-refractivity contribution in [1.29, 1.82) is 0 Å². The van der Waals surface area contributed by atoms with E-state index in [1.54, 1.807) is 0 Å². The second kappa shape index (κ2) is 14.1. The highest BCUT2D eigenvalue weighted by Gasteiger charge is 2.26. The molecule has 0 fully saturated rings. The van der Waals surface area contributed by atoms with E-state index in [4.69, 9.17) is 0 Å². The van der Waals surface area contributed by atoms with Crippen LogP contribution in [0.15, 0.2) is 109 Å². The van der Waals surface area contributed by atoms with Gasteiger partial charge in [-0.3, -0.25) is 0 Å². The number of hydrogen-bond acceptors (Lipinski definition) is 1. The van der Waals surface area contributed by atoms with Gasteiger partial charge in [-0.05, 0) is 130 Å². The molecule has 0 bridgehead atoms. The molecular formula is C58H62N2S. The van der Waals surface area contributed by atoms with E-state index in [0.717, 1.165) is 0 Å². The van der Waals surface area contributed by atoms with Gasteiger partial charge in [0.1, 0.15) is 0 Å². The Kier molecular flexibility index (Phi) is 9.46. The maximum Gasteiger partial charge on any atom is 0.0553 e. The van der Waals surface area contributed by atoms with Crippen LogP contribution in [-0.2, 0) is 21.7 Å². The van der Waals surface area contributed by atoms with Gasteiger partial charge in [-0.2, -0.15) is 0 Å². The molecule has 9 rings (SSSR count). The van der Waals surface area contributed by atoms with Gasteiger partial charge in [0.2, 0.25) is 0 Å². The zero-order valence-corrected chi connectivity index (χ0v) is 39.6. The molecule has 2 N–H and O–H groups in total. The van der Waals surface area contributed by atoms with Crippen LogP contribution in [0.2, 0.25) is 0 Å². The molecule has 3 heterocycles. The lowest BCUT2D eigenvalue weighted by Gasteiger charge is -2.22. The first-order valence-electron chi connectivity index (χ1n) is 22.1. The van der Waals surface area contributed by atoms with Gasteiger partial charge in [-0.15, -0.1) is 11.3 Å². The molecule has 0 amide bonds. The molecule has 0 aliphatic heterocycles. The van der Waals surface area contributed by atoms with Crippen LogP contribution >= 0.6 is 11.3 Å². The Hall–Kier alpha value is -5.38. The van der Waals surface area contributed by atoms with Crippen LogP contribution in [0.5, 0.6) is 0 Å². The van der Waals surface area contributed by atoms with Crippen molar-refractivity contribution in [2.75, 3.05) is 0 Å². The summed E-state index contributed by atoms with van der Waals surface area (Å²) in [5.74, 6) is 0. The number of thiophene rings is 1. The first-order chi connectivity index (χ1) is 28.5. The van der Waals surface area contributed by atoms with Crippen LogP contribution in [0.4, 0.5) is 0 Å². The van der Waals surface area contributed by atoms with Crippen molar-refractivity contribution < 1.29 is 0 Å². The van der Waals surface area contributed by atoms with E-state index in [9.17, 15) is 0 Å². The molecule has 0 radical (unpaired) electrons. The molecule has 3 aromatic heterocycles. The molecule has 9 aromatic rings. The van der Waals surface area contributed by atoms with Crippen molar-refractivity contribution in [3.05, 3.63) is 143 Å². The standard InChI is InChI=1S/C58H62N2S/c1-33-15-19-35(20-16-33)41-25-37(55(3,4)5)27-43-45-29-39(57(9,10)11)31-47(53(45)59-51(41)43)49-23-24-50(61-49)48-32-40(58(12,13)14)30-46-44-28-38(56(6,7)8)26-42(52(44)60-54(46)48)36-21-17-34(2)18-22-36/h15-32,59-60H,1-14H3. The lowest BCUT2D eigenvalue weighted by atomic mass is 9.83. The average Bonchev–Trinajstić information content (AvgIpc) is 3.92. The molecule has 3 heteroatoms. The molecule has 0 saturated carbocycles. The summed E-state index contributed by atoms with van der Waals surface area (Å²) >= 11 is 1.91. The zero-order chi connectivity index (χ0) is 43.6. The van der Waals surface area contributed by atoms with Crippen LogP contribution in [0, 0.1) is 13.8 Å². The molecular weight excluding hydrogens is 757 g/mol. The van der Waals surface area contributed by atoms with E-state index in [2.05, 4.69) is 216 Å². The zero-order valence-electron chi connectivity index (χ0n) is 38.8. The van der Waals surface area contributed by atoms with Crippen LogP contribution in [0.3, 0.4) is 0 Å². The van der Waals surface area contributed by atoms with Gasteiger partial charge in [-0.1, -0.05) is 143 Å². The van der Waals surface area contributed by atoms with Crippen molar-refractivity contribution >= 4 is 54.9 Å². The third kappa shape index (κ3) is 7.33. The molecule has 0 aliphatic carbocycles. The highest BCUT2D eigenvalue weighted by Crippen LogP contribution is 2.48. The van der Waals surface area contributed by atoms with Crippen molar-refractivity contribution in [2.45, 2.75) is 119 Å². The molecule has 310 valence electrons. The number of H-pyrrole nitrogens is 2. The first kappa shape index (κ1) is 41.0. The predicted molar refractivity (Wildman–Crippen MR) is 269 cm³/mol. The van der Waals surface area contributed by atoms with Gasteiger partial charge in [-0.25, -0.2) is 0 Å². The number of fused-ring (bicyclic) bond motifs is 6. The fraction of sp³-hybridized carbons (Fsp3) is 0.310. The van der Waals surface area contributed by atoms with E-state index in [1.807, 2.05) is 11.3 Å². The summed E-state index contributed by atoms with van der Waals surface area (Å²) in [7, 11) is 0. The van der Waals surface area contributed by atoms with Crippen LogP contribution in [-0.4, -0.2) is 9.97 Å². The Balaban J connectivity index is 1.31. The summed E-state index contributed by atoms with van der Waals surface area (Å²) in [6.45, 7) is 32.3. The summed E-state index contributed by atoms with van der Waals surface area (Å²) < 4.78 is 0. The van der Waals surface area contributed by atoms with Crippen LogP contribution < -0.4 is 0 Å². The molecule has 0 unspecified atom stereocenters. The monoisotopic (exact) mass is 818 g/mol. The Labute approximate surface area is 367 Å². The van der Waals surface area contributed by atoms with Crippen molar-refractivity contribution in [3.63, 3.8) is 0 Å². The average molecular weight is 819 g/mol. The van der Waals surface area contributed by atoms with E-state index in [0.29, 0.717) is 0 Å². The SMILES string of the molecule is Cc1ccc(-c2cc(C(C)(C)C)cc3c2[nH]c2c(-c4ccc(-c5cc(C(C)(C)C)cc6c5[nH]c5c(-c7ccc(C)cc7)cc(C(C)(C)C)cc56)s4)cc(C(C)(C)C)cc23)cc1. The number of rotatable bonds is 4. The van der Waals surface area contributed by atoms with Crippen molar-refractivity contribution in [3.8, 4) is 43.1 Å². The molecule has 0 atom stereocenters. The largest absolute Gasteiger partial charge is 0.353 e. The normalized spacial score (nSPS) is 13.1. The fourth-order valence-corrected chi connectivity index (χ4v) is 9.93. The van der Waals surface area contributed by atoms with Crippen LogP contribution in [0.1, 0.15) is 116 Å². The molecule has 0 aliphatic rings. The fourth-order valence-electron chi connectivity index (χ4n) is 8.88. The lowest BCUT2D eigenvalue weighted by molar-refractivity contribution is 0.590. The van der Waals surface area contributed by atoms with Gasteiger partial charge in [0.05, 0.1) is 22.1 Å². The van der Waals surface area contributed by atoms with Gasteiger partial charge < -0.3 is 9.97 Å². The number of nitrogens with one attached hydrogen (secondary N) is 2. The summed E-state index contributed by atoms with van der Waals surface area (Å²) in [5, 5.41) is 5.16. The van der Waals surface area contributed by atoms with E-state index in [-0.39, 0.29) is 21.7 Å². The van der Waals surface area contributed by atoms with E-state index in [1.165, 1.54) is 120 Å². The number of hydrogen-bond donors (Lipinski definition) is 2. The molecule has 2 nitrogen and oxygen atoms in total. The van der Waals surface area contributed by atoms with Gasteiger partial charge in [0.15, 0.2) is 0 Å². The summed E-state index contributed by atoms with van der Waals surface area (Å²) in [6.07, 6.45) is 0.